The number of carbonyl (C=O) groups is 5. The van der Waals surface area contributed by atoms with Gasteiger partial charge in [0.15, 0.2) is 0 Å². The minimum Gasteiger partial charge on any atom is -0.492 e. The number of hydrogen-bond acceptors (Lipinski definition) is 14. The maximum Gasteiger partial charge on any atom is 0.335 e. The van der Waals surface area contributed by atoms with Crippen LogP contribution in [0, 0.1) is 17.2 Å². The van der Waals surface area contributed by atoms with Gasteiger partial charge in [-0.25, -0.2) is 28.4 Å². The van der Waals surface area contributed by atoms with Gasteiger partial charge in [0.1, 0.15) is 43.4 Å². The van der Waals surface area contributed by atoms with Crippen LogP contribution in [0.15, 0.2) is 109 Å². The predicted molar refractivity (Wildman–Crippen MR) is 293 cm³/mol. The highest BCUT2D eigenvalue weighted by Gasteiger charge is 2.39. The maximum atomic E-state index is 16.2. The Morgan fingerprint density at radius 1 is 0.571 bits per heavy atom. The van der Waals surface area contributed by atoms with Crippen LogP contribution < -0.4 is 4.74 Å². The van der Waals surface area contributed by atoms with Gasteiger partial charge in [0, 0.05) is 16.7 Å². The number of rotatable bonds is 33. The number of unbranched alkanes of at least 4 members (excludes halogenated alkanes) is 2. The highest BCUT2D eigenvalue weighted by Crippen LogP contribution is 2.41. The summed E-state index contributed by atoms with van der Waals surface area (Å²) < 4.78 is 50.6. The Bertz CT molecular complexity index is 2470. The van der Waals surface area contributed by atoms with Crippen molar-refractivity contribution in [2.45, 2.75) is 117 Å². The molecule has 0 saturated heterocycles. The summed E-state index contributed by atoms with van der Waals surface area (Å²) in [5.74, 6) is -3.09. The van der Waals surface area contributed by atoms with E-state index in [0.717, 1.165) is 46.6 Å². The molecular formula is C62H79FO14. The molecular weight excluding hydrogens is 988 g/mol. The summed E-state index contributed by atoms with van der Waals surface area (Å²) in [5.41, 5.74) is 3.80. The van der Waals surface area contributed by atoms with Crippen LogP contribution in [0.4, 0.5) is 4.39 Å². The summed E-state index contributed by atoms with van der Waals surface area (Å²) in [4.78, 5) is 63.9. The highest BCUT2D eigenvalue weighted by molar-refractivity contribution is 5.89. The molecule has 1 aliphatic carbocycles. The number of aliphatic hydroxyl groups excluding tert-OH is 3. The lowest BCUT2D eigenvalue weighted by atomic mass is 9.77. The third-order valence-electron chi connectivity index (χ3n) is 13.7. The molecule has 1 fully saturated rings. The fraction of sp³-hybridized carbons (Fsp3) is 0.468. The molecule has 3 aromatic carbocycles. The first kappa shape index (κ1) is 62.9. The standard InChI is InChI=1S/C62H79FO14/c1-10-12-13-16-45-19-21-47(22-20-45)48-23-26-54(55(63)32-48)49-24-25-53(46(11-2)29-49)52-30-50(17-14-27-72-57(67)40(3)4)56(51(31-52)18-15-28-73-58(68)41(5)6)74-36-62(37-75-59(69)42(7)33-64,38-76-60(70)43(8)34-65)39-77-61(71)44(9)35-66/h23-26,29-32,45,47,64-66H,3,5,7-22,27-28,33-39H2,1-2,4,6H3. The molecule has 3 N–H and O–H groups in total. The average Bonchev–Trinajstić information content (AvgIpc) is 3.45. The Hall–Kier alpha value is -6.68. The fourth-order valence-electron chi connectivity index (χ4n) is 9.02. The zero-order valence-corrected chi connectivity index (χ0v) is 45.6. The van der Waals surface area contributed by atoms with Gasteiger partial charge < -0.3 is 43.7 Å². The normalized spacial score (nSPS) is 14.2. The van der Waals surface area contributed by atoms with Crippen LogP contribution in [-0.4, -0.2) is 105 Å². The van der Waals surface area contributed by atoms with Crippen molar-refractivity contribution in [1.29, 1.82) is 0 Å². The summed E-state index contributed by atoms with van der Waals surface area (Å²) in [7, 11) is 0. The maximum absolute atomic E-state index is 16.2. The number of halogens is 1. The Labute approximate surface area is 453 Å². The molecule has 0 unspecified atom stereocenters. The van der Waals surface area contributed by atoms with Crippen LogP contribution in [0.25, 0.3) is 22.3 Å². The van der Waals surface area contributed by atoms with Gasteiger partial charge in [-0.2, -0.15) is 0 Å². The molecule has 77 heavy (non-hydrogen) atoms. The van der Waals surface area contributed by atoms with E-state index < -0.39 is 81.5 Å². The molecule has 15 heteroatoms. The quantitative estimate of drug-likeness (QED) is 0.0225. The lowest BCUT2D eigenvalue weighted by Gasteiger charge is -2.33. The van der Waals surface area contributed by atoms with E-state index in [0.29, 0.717) is 47.6 Å². The number of ether oxygens (including phenoxy) is 6. The van der Waals surface area contributed by atoms with Crippen LogP contribution in [0.5, 0.6) is 5.75 Å². The molecule has 0 heterocycles. The average molecular weight is 1070 g/mol. The third kappa shape index (κ3) is 19.1. The van der Waals surface area contributed by atoms with Crippen molar-refractivity contribution < 1.29 is 72.1 Å². The van der Waals surface area contributed by atoms with E-state index in [4.69, 9.17) is 28.4 Å². The van der Waals surface area contributed by atoms with Crippen LogP contribution >= 0.6 is 0 Å². The number of esters is 5. The van der Waals surface area contributed by atoms with Gasteiger partial charge in [0.05, 0.1) is 49.8 Å². The van der Waals surface area contributed by atoms with E-state index in [-0.39, 0.29) is 59.7 Å². The number of benzene rings is 3. The van der Waals surface area contributed by atoms with Crippen LogP contribution in [0.1, 0.15) is 120 Å². The first-order valence-electron chi connectivity index (χ1n) is 26.5. The number of hydrogen-bond donors (Lipinski definition) is 3. The number of carbonyl (C=O) groups excluding carboxylic acids is 5. The van der Waals surface area contributed by atoms with Gasteiger partial charge in [-0.3, -0.25) is 0 Å². The van der Waals surface area contributed by atoms with Gasteiger partial charge in [0.2, 0.25) is 0 Å². The van der Waals surface area contributed by atoms with Gasteiger partial charge in [-0.1, -0.05) is 103 Å². The van der Waals surface area contributed by atoms with Crippen molar-refractivity contribution >= 4 is 29.8 Å². The van der Waals surface area contributed by atoms with Crippen LogP contribution in [0.3, 0.4) is 0 Å². The van der Waals surface area contributed by atoms with Crippen molar-refractivity contribution in [2.24, 2.45) is 11.3 Å². The van der Waals surface area contributed by atoms with Gasteiger partial charge in [0.25, 0.3) is 0 Å². The molecule has 0 spiro atoms. The molecule has 0 bridgehead atoms. The van der Waals surface area contributed by atoms with Crippen LogP contribution in [-0.2, 0) is 66.9 Å². The summed E-state index contributed by atoms with van der Waals surface area (Å²) in [6, 6.07) is 15.3. The molecule has 1 aliphatic rings. The first-order chi connectivity index (χ1) is 36.8. The van der Waals surface area contributed by atoms with E-state index >= 15 is 4.39 Å². The molecule has 0 radical (unpaired) electrons. The highest BCUT2D eigenvalue weighted by atomic mass is 19.1. The van der Waals surface area contributed by atoms with E-state index in [9.17, 15) is 39.3 Å². The van der Waals surface area contributed by atoms with Crippen molar-refractivity contribution in [3.8, 4) is 28.0 Å². The molecule has 14 nitrogen and oxygen atoms in total. The summed E-state index contributed by atoms with van der Waals surface area (Å²) >= 11 is 0. The fourth-order valence-corrected chi connectivity index (χ4v) is 9.02. The molecule has 0 aliphatic heterocycles. The Morgan fingerprint density at radius 3 is 1.49 bits per heavy atom. The Balaban J connectivity index is 1.85. The van der Waals surface area contributed by atoms with Crippen molar-refractivity contribution in [3.63, 3.8) is 0 Å². The second kappa shape index (κ2) is 31.5. The predicted octanol–water partition coefficient (Wildman–Crippen LogP) is 10.3. The van der Waals surface area contributed by atoms with Crippen molar-refractivity contribution in [3.05, 3.63) is 137 Å². The minimum atomic E-state index is -1.73. The summed E-state index contributed by atoms with van der Waals surface area (Å²) in [6.07, 6.45) is 11.2. The van der Waals surface area contributed by atoms with Crippen LogP contribution in [0.2, 0.25) is 0 Å². The SMILES string of the molecule is C=C(C)C(=O)OCCCc1cc(-c2ccc(-c3ccc(C4CCC(CCCCC)CC4)cc3F)cc2CC)cc(CCCOC(=O)C(=C)C)c1OCC(COC(=O)C(=C)CO)(COC(=O)C(=C)CO)COC(=O)C(=C)CO. The minimum absolute atomic E-state index is 0.00511. The smallest absolute Gasteiger partial charge is 0.335 e. The molecule has 4 rings (SSSR count). The molecule has 0 atom stereocenters. The van der Waals surface area contributed by atoms with Gasteiger partial charge in [-0.15, -0.1) is 0 Å². The molecule has 0 aromatic heterocycles. The van der Waals surface area contributed by atoms with E-state index in [1.807, 2.05) is 43.3 Å². The first-order valence-corrected chi connectivity index (χ1v) is 26.5. The number of aliphatic hydroxyl groups is 3. The van der Waals surface area contributed by atoms with Gasteiger partial charge >= 0.3 is 29.8 Å². The van der Waals surface area contributed by atoms with Crippen molar-refractivity contribution in [1.82, 2.24) is 0 Å². The Morgan fingerprint density at radius 2 is 1.05 bits per heavy atom. The van der Waals surface area contributed by atoms with E-state index in [2.05, 4.69) is 45.9 Å². The van der Waals surface area contributed by atoms with E-state index in [1.165, 1.54) is 52.4 Å². The third-order valence-corrected chi connectivity index (χ3v) is 13.7. The summed E-state index contributed by atoms with van der Waals surface area (Å²) in [5, 5.41) is 29.0. The molecule has 3 aromatic rings. The lowest BCUT2D eigenvalue weighted by molar-refractivity contribution is -0.160. The largest absolute Gasteiger partial charge is 0.492 e. The number of aryl methyl sites for hydroxylation is 3. The topological polar surface area (TPSA) is 201 Å². The van der Waals surface area contributed by atoms with Crippen molar-refractivity contribution in [2.75, 3.05) is 59.5 Å². The second-order valence-corrected chi connectivity index (χ2v) is 20.1. The Kier molecular flexibility index (Phi) is 25.7. The zero-order valence-electron chi connectivity index (χ0n) is 45.6. The van der Waals surface area contributed by atoms with Gasteiger partial charge in [-0.05, 0) is 141 Å². The van der Waals surface area contributed by atoms with E-state index in [1.54, 1.807) is 6.07 Å². The monoisotopic (exact) mass is 1070 g/mol. The molecule has 0 amide bonds. The molecule has 1 saturated carbocycles. The zero-order chi connectivity index (χ0) is 56.7. The lowest BCUT2D eigenvalue weighted by Crippen LogP contribution is -2.45. The summed E-state index contributed by atoms with van der Waals surface area (Å²) in [6.45, 7) is 20.6. The second-order valence-electron chi connectivity index (χ2n) is 20.1. The molecule has 418 valence electrons.